The van der Waals surface area contributed by atoms with Gasteiger partial charge in [-0.3, -0.25) is 9.59 Å². The van der Waals surface area contributed by atoms with Gasteiger partial charge < -0.3 is 24.5 Å². The monoisotopic (exact) mass is 334 g/mol. The predicted molar refractivity (Wildman–Crippen MR) is 89.0 cm³/mol. The van der Waals surface area contributed by atoms with E-state index in [4.69, 9.17) is 14.6 Å². The van der Waals surface area contributed by atoms with Gasteiger partial charge in [0.05, 0.1) is 12.8 Å². The highest BCUT2D eigenvalue weighted by molar-refractivity contribution is 5.89. The zero-order chi connectivity index (χ0) is 17.5. The fraction of sp³-hybridized carbons (Fsp3) is 0.412. The number of carboxylic acid groups (broad SMARTS) is 1. The second kappa shape index (κ2) is 8.35. The molecule has 2 rings (SSSR count). The number of rotatable bonds is 9. The Morgan fingerprint density at radius 1 is 1.25 bits per heavy atom. The Morgan fingerprint density at radius 3 is 2.75 bits per heavy atom. The Labute approximate surface area is 140 Å². The van der Waals surface area contributed by atoms with Gasteiger partial charge in [-0.25, -0.2) is 0 Å². The van der Waals surface area contributed by atoms with Crippen LogP contribution in [-0.2, 0) is 20.7 Å². The van der Waals surface area contributed by atoms with Gasteiger partial charge in [-0.15, -0.1) is 0 Å². The number of hydrogen-bond acceptors (Lipinski definition) is 5. The number of carbonyl (C=O) groups is 2. The summed E-state index contributed by atoms with van der Waals surface area (Å²) in [4.78, 5) is 27.2. The fourth-order valence-electron chi connectivity index (χ4n) is 2.32. The Morgan fingerprint density at radius 2 is 2.04 bits per heavy atom. The van der Waals surface area contributed by atoms with Crippen molar-refractivity contribution in [1.29, 1.82) is 0 Å². The third-order valence-corrected chi connectivity index (χ3v) is 3.55. The number of aromatic amines is 1. The number of likely N-dealkylation sites (N-methyl/N-ethyl adjacent to an activating group) is 1. The van der Waals surface area contributed by atoms with Crippen LogP contribution in [0.4, 0.5) is 0 Å². The Kier molecular flexibility index (Phi) is 6.20. The number of H-pyrrole nitrogens is 1. The molecule has 0 radical (unpaired) electrons. The van der Waals surface area contributed by atoms with Crippen molar-refractivity contribution in [2.45, 2.75) is 19.3 Å². The molecule has 0 atom stereocenters. The largest absolute Gasteiger partial charge is 0.481 e. The maximum absolute atomic E-state index is 11.4. The van der Waals surface area contributed by atoms with E-state index in [1.165, 1.54) is 0 Å². The van der Waals surface area contributed by atoms with Crippen LogP contribution >= 0.6 is 0 Å². The van der Waals surface area contributed by atoms with Crippen LogP contribution < -0.4 is 4.74 Å². The molecule has 0 bridgehead atoms. The first-order chi connectivity index (χ1) is 11.5. The van der Waals surface area contributed by atoms with E-state index in [-0.39, 0.29) is 19.6 Å². The lowest BCUT2D eigenvalue weighted by Crippen LogP contribution is -2.15. The topological polar surface area (TPSA) is 91.9 Å². The first-order valence-electron chi connectivity index (χ1n) is 7.71. The number of aliphatic carboxylic acids is 1. The molecular weight excluding hydrogens is 312 g/mol. The third-order valence-electron chi connectivity index (χ3n) is 3.55. The lowest BCUT2D eigenvalue weighted by Gasteiger charge is -2.11. The molecule has 130 valence electrons. The number of ether oxygens (including phenoxy) is 2. The summed E-state index contributed by atoms with van der Waals surface area (Å²) in [6.07, 6.45) is 2.41. The molecule has 0 aliphatic carbocycles. The van der Waals surface area contributed by atoms with Gasteiger partial charge in [0.2, 0.25) is 6.79 Å². The number of aromatic nitrogens is 1. The van der Waals surface area contributed by atoms with Gasteiger partial charge in [-0.1, -0.05) is 6.07 Å². The normalized spacial score (nSPS) is 11.0. The number of esters is 1. The molecule has 0 amide bonds. The van der Waals surface area contributed by atoms with Crippen LogP contribution in [0.5, 0.6) is 5.75 Å². The summed E-state index contributed by atoms with van der Waals surface area (Å²) in [6, 6.07) is 5.64. The summed E-state index contributed by atoms with van der Waals surface area (Å²) < 4.78 is 10.5. The average molecular weight is 334 g/mol. The second-order valence-corrected chi connectivity index (χ2v) is 5.72. The quantitative estimate of drug-likeness (QED) is 0.538. The maximum atomic E-state index is 11.4. The van der Waals surface area contributed by atoms with Gasteiger partial charge in [0.1, 0.15) is 5.75 Å². The zero-order valence-corrected chi connectivity index (χ0v) is 13.9. The molecule has 1 heterocycles. The van der Waals surface area contributed by atoms with E-state index in [2.05, 4.69) is 9.88 Å². The van der Waals surface area contributed by atoms with Crippen molar-refractivity contribution in [3.63, 3.8) is 0 Å². The van der Waals surface area contributed by atoms with Crippen molar-refractivity contribution in [3.8, 4) is 5.75 Å². The molecule has 0 aliphatic heterocycles. The molecular formula is C17H22N2O5. The second-order valence-electron chi connectivity index (χ2n) is 5.72. The first kappa shape index (κ1) is 17.8. The van der Waals surface area contributed by atoms with Gasteiger partial charge in [0, 0.05) is 23.6 Å². The van der Waals surface area contributed by atoms with E-state index in [9.17, 15) is 9.59 Å². The molecule has 7 nitrogen and oxygen atoms in total. The van der Waals surface area contributed by atoms with E-state index < -0.39 is 11.9 Å². The summed E-state index contributed by atoms with van der Waals surface area (Å²) in [5.41, 5.74) is 2.09. The van der Waals surface area contributed by atoms with Crippen molar-refractivity contribution in [1.82, 2.24) is 9.88 Å². The zero-order valence-electron chi connectivity index (χ0n) is 13.9. The van der Waals surface area contributed by atoms with Crippen LogP contribution in [0.15, 0.2) is 24.4 Å². The summed E-state index contributed by atoms with van der Waals surface area (Å²) in [7, 11) is 4.03. The third kappa shape index (κ3) is 4.99. The number of carboxylic acids is 1. The lowest BCUT2D eigenvalue weighted by molar-refractivity contribution is -0.152. The van der Waals surface area contributed by atoms with Crippen LogP contribution in [0.3, 0.4) is 0 Å². The minimum atomic E-state index is -1.03. The van der Waals surface area contributed by atoms with E-state index in [0.29, 0.717) is 5.75 Å². The Bertz CT molecular complexity index is 708. The highest BCUT2D eigenvalue weighted by Crippen LogP contribution is 2.29. The van der Waals surface area contributed by atoms with Crippen LogP contribution in [0.1, 0.15) is 18.4 Å². The molecule has 1 aromatic carbocycles. The van der Waals surface area contributed by atoms with Crippen molar-refractivity contribution >= 4 is 22.8 Å². The maximum Gasteiger partial charge on any atom is 0.309 e. The number of nitrogens with one attached hydrogen (secondary N) is 1. The molecule has 2 N–H and O–H groups in total. The molecule has 0 saturated heterocycles. The first-order valence-corrected chi connectivity index (χ1v) is 7.71. The van der Waals surface area contributed by atoms with Gasteiger partial charge in [-0.05, 0) is 38.2 Å². The van der Waals surface area contributed by atoms with Crippen molar-refractivity contribution in [2.24, 2.45) is 0 Å². The Balaban J connectivity index is 1.99. The van der Waals surface area contributed by atoms with Gasteiger partial charge >= 0.3 is 11.9 Å². The smallest absolute Gasteiger partial charge is 0.309 e. The summed E-state index contributed by atoms with van der Waals surface area (Å²) in [6.45, 7) is 0.668. The van der Waals surface area contributed by atoms with Crippen LogP contribution in [0.25, 0.3) is 10.9 Å². The molecule has 0 saturated carbocycles. The molecule has 0 unspecified atom stereocenters. The number of benzene rings is 1. The minimum Gasteiger partial charge on any atom is -0.481 e. The summed E-state index contributed by atoms with van der Waals surface area (Å²) >= 11 is 0. The summed E-state index contributed by atoms with van der Waals surface area (Å²) in [5, 5.41) is 9.51. The molecule has 7 heteroatoms. The van der Waals surface area contributed by atoms with Crippen LogP contribution in [-0.4, -0.2) is 54.4 Å². The van der Waals surface area contributed by atoms with Gasteiger partial charge in [-0.2, -0.15) is 0 Å². The van der Waals surface area contributed by atoms with E-state index >= 15 is 0 Å². The van der Waals surface area contributed by atoms with Crippen LogP contribution in [0, 0.1) is 0 Å². The molecule has 0 fully saturated rings. The number of hydrogen-bond donors (Lipinski definition) is 2. The molecule has 0 aliphatic rings. The molecule has 1 aromatic heterocycles. The fourth-order valence-corrected chi connectivity index (χ4v) is 2.32. The number of fused-ring (bicyclic) bond motifs is 1. The van der Waals surface area contributed by atoms with E-state index in [1.807, 2.05) is 38.5 Å². The van der Waals surface area contributed by atoms with Gasteiger partial charge in [0.25, 0.3) is 0 Å². The highest BCUT2D eigenvalue weighted by Gasteiger charge is 2.11. The van der Waals surface area contributed by atoms with Crippen molar-refractivity contribution in [3.05, 3.63) is 30.0 Å². The van der Waals surface area contributed by atoms with E-state index in [1.54, 1.807) is 0 Å². The highest BCUT2D eigenvalue weighted by atomic mass is 16.7. The number of nitrogens with zero attached hydrogens (tertiary/aromatic N) is 1. The Hall–Kier alpha value is -2.54. The summed E-state index contributed by atoms with van der Waals surface area (Å²) in [5.74, 6) is -0.990. The van der Waals surface area contributed by atoms with E-state index in [0.717, 1.165) is 29.4 Å². The standard InChI is InChI=1S/C17H22N2O5/c1-19(2)9-8-12-10-18-13-4-3-5-14(17(12)13)23-11-24-16(22)7-6-15(20)21/h3-5,10,18H,6-9,11H2,1-2H3,(H,20,21). The van der Waals surface area contributed by atoms with Crippen LogP contribution in [0.2, 0.25) is 0 Å². The molecule has 2 aromatic rings. The van der Waals surface area contributed by atoms with Gasteiger partial charge in [0.15, 0.2) is 0 Å². The number of carbonyl (C=O) groups excluding carboxylic acids is 1. The average Bonchev–Trinajstić information content (AvgIpc) is 2.95. The molecule has 0 spiro atoms. The molecule has 24 heavy (non-hydrogen) atoms. The minimum absolute atomic E-state index is 0.166. The predicted octanol–water partition coefficient (Wildman–Crippen LogP) is 2.02. The SMILES string of the molecule is CN(C)CCc1c[nH]c2cccc(OCOC(=O)CCC(=O)O)c12. The lowest BCUT2D eigenvalue weighted by atomic mass is 10.1. The van der Waals surface area contributed by atoms with Crippen molar-refractivity contribution in [2.75, 3.05) is 27.4 Å². The van der Waals surface area contributed by atoms with Crippen molar-refractivity contribution < 1.29 is 24.2 Å².